The van der Waals surface area contributed by atoms with Gasteiger partial charge in [-0.1, -0.05) is 35.9 Å². The van der Waals surface area contributed by atoms with Gasteiger partial charge in [0.1, 0.15) is 0 Å². The molecule has 0 fully saturated rings. The average molecular weight is 283 g/mol. The standard InChI is InChI=1S/C17H17NO3/c1-12-8-10-14(11-9-12)17(20)21-13(2)16(19)18-15-6-4-3-5-7-15/h3-11,13H,1-2H3,(H,18,19)/t13-/m0/s1. The Morgan fingerprint density at radius 3 is 2.24 bits per heavy atom. The van der Waals surface area contributed by atoms with E-state index in [-0.39, 0.29) is 5.91 Å². The van der Waals surface area contributed by atoms with Crippen LogP contribution in [0.2, 0.25) is 0 Å². The van der Waals surface area contributed by atoms with Crippen LogP contribution in [0.15, 0.2) is 54.6 Å². The summed E-state index contributed by atoms with van der Waals surface area (Å²) in [6.07, 6.45) is -0.862. The number of anilines is 1. The molecular weight excluding hydrogens is 266 g/mol. The van der Waals surface area contributed by atoms with Crippen LogP contribution in [-0.2, 0) is 9.53 Å². The lowest BCUT2D eigenvalue weighted by Crippen LogP contribution is -2.29. The first-order chi connectivity index (χ1) is 10.1. The Hall–Kier alpha value is -2.62. The Labute approximate surface area is 123 Å². The minimum absolute atomic E-state index is 0.360. The number of rotatable bonds is 4. The quantitative estimate of drug-likeness (QED) is 0.877. The third-order valence-electron chi connectivity index (χ3n) is 2.98. The maximum Gasteiger partial charge on any atom is 0.338 e. The molecule has 0 heterocycles. The molecule has 0 aliphatic heterocycles. The molecule has 4 nitrogen and oxygen atoms in total. The van der Waals surface area contributed by atoms with Crippen molar-refractivity contribution in [3.8, 4) is 0 Å². The van der Waals surface area contributed by atoms with E-state index in [1.165, 1.54) is 0 Å². The Morgan fingerprint density at radius 2 is 1.62 bits per heavy atom. The van der Waals surface area contributed by atoms with E-state index in [0.29, 0.717) is 11.3 Å². The molecule has 0 unspecified atom stereocenters. The fourth-order valence-corrected chi connectivity index (χ4v) is 1.74. The van der Waals surface area contributed by atoms with E-state index in [4.69, 9.17) is 4.74 Å². The second kappa shape index (κ2) is 6.70. The molecule has 108 valence electrons. The number of esters is 1. The fraction of sp³-hybridized carbons (Fsp3) is 0.176. The predicted molar refractivity (Wildman–Crippen MR) is 81.1 cm³/mol. The first kappa shape index (κ1) is 14.8. The number of nitrogens with one attached hydrogen (secondary N) is 1. The number of carbonyl (C=O) groups excluding carboxylic acids is 2. The zero-order valence-corrected chi connectivity index (χ0v) is 12.0. The van der Waals surface area contributed by atoms with Crippen LogP contribution in [0, 0.1) is 6.92 Å². The summed E-state index contributed by atoms with van der Waals surface area (Å²) in [5.41, 5.74) is 2.15. The molecular formula is C17H17NO3. The highest BCUT2D eigenvalue weighted by Crippen LogP contribution is 2.09. The van der Waals surface area contributed by atoms with Crippen molar-refractivity contribution in [2.45, 2.75) is 20.0 Å². The maximum atomic E-state index is 11.9. The lowest BCUT2D eigenvalue weighted by Gasteiger charge is -2.13. The predicted octanol–water partition coefficient (Wildman–Crippen LogP) is 3.18. The summed E-state index contributed by atoms with van der Waals surface area (Å²) in [6, 6.07) is 16.0. The highest BCUT2D eigenvalue weighted by atomic mass is 16.5. The Bertz CT molecular complexity index is 620. The van der Waals surface area contributed by atoms with Crippen molar-refractivity contribution in [1.82, 2.24) is 0 Å². The SMILES string of the molecule is Cc1ccc(C(=O)O[C@@H](C)C(=O)Nc2ccccc2)cc1. The van der Waals surface area contributed by atoms with Gasteiger partial charge in [-0.25, -0.2) is 4.79 Å². The van der Waals surface area contributed by atoms with Crippen molar-refractivity contribution < 1.29 is 14.3 Å². The van der Waals surface area contributed by atoms with E-state index >= 15 is 0 Å². The zero-order chi connectivity index (χ0) is 15.2. The monoisotopic (exact) mass is 283 g/mol. The maximum absolute atomic E-state index is 11.9. The van der Waals surface area contributed by atoms with Gasteiger partial charge in [0.15, 0.2) is 6.10 Å². The minimum atomic E-state index is -0.862. The first-order valence-corrected chi connectivity index (χ1v) is 6.70. The van der Waals surface area contributed by atoms with Gasteiger partial charge in [-0.3, -0.25) is 4.79 Å². The van der Waals surface area contributed by atoms with Crippen molar-refractivity contribution in [3.63, 3.8) is 0 Å². The van der Waals surface area contributed by atoms with Crippen LogP contribution in [-0.4, -0.2) is 18.0 Å². The lowest BCUT2D eigenvalue weighted by atomic mass is 10.1. The Morgan fingerprint density at radius 1 is 1.00 bits per heavy atom. The molecule has 0 bridgehead atoms. The van der Waals surface area contributed by atoms with Crippen LogP contribution in [0.25, 0.3) is 0 Å². The number of amides is 1. The Balaban J connectivity index is 1.94. The summed E-state index contributed by atoms with van der Waals surface area (Å²) in [7, 11) is 0. The zero-order valence-electron chi connectivity index (χ0n) is 12.0. The molecule has 0 saturated heterocycles. The van der Waals surface area contributed by atoms with E-state index in [0.717, 1.165) is 5.56 Å². The third kappa shape index (κ3) is 4.18. The summed E-state index contributed by atoms with van der Waals surface area (Å²) in [5.74, 6) is -0.868. The van der Waals surface area contributed by atoms with Crippen molar-refractivity contribution in [1.29, 1.82) is 0 Å². The van der Waals surface area contributed by atoms with E-state index in [2.05, 4.69) is 5.32 Å². The van der Waals surface area contributed by atoms with Crippen LogP contribution in [0.4, 0.5) is 5.69 Å². The molecule has 1 amide bonds. The molecule has 0 radical (unpaired) electrons. The van der Waals surface area contributed by atoms with Gasteiger partial charge >= 0.3 is 5.97 Å². The number of aryl methyl sites for hydroxylation is 1. The van der Waals surface area contributed by atoms with Gasteiger partial charge in [0.2, 0.25) is 0 Å². The van der Waals surface area contributed by atoms with E-state index < -0.39 is 12.1 Å². The van der Waals surface area contributed by atoms with Crippen LogP contribution < -0.4 is 5.32 Å². The third-order valence-corrected chi connectivity index (χ3v) is 2.98. The van der Waals surface area contributed by atoms with Crippen LogP contribution >= 0.6 is 0 Å². The summed E-state index contributed by atoms with van der Waals surface area (Å²) >= 11 is 0. The number of hydrogen-bond donors (Lipinski definition) is 1. The molecule has 0 aromatic heterocycles. The average Bonchev–Trinajstić information content (AvgIpc) is 2.48. The number of para-hydroxylation sites is 1. The van der Waals surface area contributed by atoms with Gasteiger partial charge in [0.05, 0.1) is 5.56 Å². The first-order valence-electron chi connectivity index (χ1n) is 6.70. The molecule has 1 atom stereocenters. The largest absolute Gasteiger partial charge is 0.449 e. The van der Waals surface area contributed by atoms with E-state index in [1.807, 2.05) is 37.3 Å². The van der Waals surface area contributed by atoms with Gasteiger partial charge in [0, 0.05) is 5.69 Å². The van der Waals surface area contributed by atoms with Crippen LogP contribution in [0.3, 0.4) is 0 Å². The lowest BCUT2D eigenvalue weighted by molar-refractivity contribution is -0.123. The molecule has 4 heteroatoms. The molecule has 0 aliphatic carbocycles. The van der Waals surface area contributed by atoms with Crippen molar-refractivity contribution in [2.24, 2.45) is 0 Å². The number of carbonyl (C=O) groups is 2. The summed E-state index contributed by atoms with van der Waals surface area (Å²) in [4.78, 5) is 23.9. The molecule has 0 aliphatic rings. The minimum Gasteiger partial charge on any atom is -0.449 e. The van der Waals surface area contributed by atoms with Crippen molar-refractivity contribution >= 4 is 17.6 Å². The van der Waals surface area contributed by atoms with Crippen LogP contribution in [0.1, 0.15) is 22.8 Å². The molecule has 0 spiro atoms. The molecule has 2 rings (SSSR count). The topological polar surface area (TPSA) is 55.4 Å². The van der Waals surface area contributed by atoms with E-state index in [1.54, 1.807) is 31.2 Å². The highest BCUT2D eigenvalue weighted by molar-refractivity contribution is 5.97. The second-order valence-electron chi connectivity index (χ2n) is 4.77. The van der Waals surface area contributed by atoms with Gasteiger partial charge in [-0.05, 0) is 38.1 Å². The summed E-state index contributed by atoms with van der Waals surface area (Å²) in [6.45, 7) is 3.48. The summed E-state index contributed by atoms with van der Waals surface area (Å²) in [5, 5.41) is 2.69. The second-order valence-corrected chi connectivity index (χ2v) is 4.77. The molecule has 1 N–H and O–H groups in total. The molecule has 0 saturated carbocycles. The van der Waals surface area contributed by atoms with Crippen molar-refractivity contribution in [3.05, 3.63) is 65.7 Å². The normalized spacial score (nSPS) is 11.5. The highest BCUT2D eigenvalue weighted by Gasteiger charge is 2.18. The number of hydrogen-bond acceptors (Lipinski definition) is 3. The molecule has 2 aromatic carbocycles. The fourth-order valence-electron chi connectivity index (χ4n) is 1.74. The van der Waals surface area contributed by atoms with Gasteiger partial charge in [0.25, 0.3) is 5.91 Å². The summed E-state index contributed by atoms with van der Waals surface area (Å²) < 4.78 is 5.16. The smallest absolute Gasteiger partial charge is 0.338 e. The Kier molecular flexibility index (Phi) is 4.72. The van der Waals surface area contributed by atoms with Crippen molar-refractivity contribution in [2.75, 3.05) is 5.32 Å². The van der Waals surface area contributed by atoms with E-state index in [9.17, 15) is 9.59 Å². The number of benzene rings is 2. The molecule has 21 heavy (non-hydrogen) atoms. The van der Waals surface area contributed by atoms with Gasteiger partial charge < -0.3 is 10.1 Å². The van der Waals surface area contributed by atoms with Crippen LogP contribution in [0.5, 0.6) is 0 Å². The number of ether oxygens (including phenoxy) is 1. The van der Waals surface area contributed by atoms with Gasteiger partial charge in [-0.2, -0.15) is 0 Å². The molecule has 2 aromatic rings. The van der Waals surface area contributed by atoms with Gasteiger partial charge in [-0.15, -0.1) is 0 Å².